The number of carbonyl (C=O) groups is 1. The van der Waals surface area contributed by atoms with Gasteiger partial charge in [-0.25, -0.2) is 0 Å². The molecule has 0 bridgehead atoms. The number of nitrogens with zero attached hydrogens (tertiary/aromatic N) is 1. The summed E-state index contributed by atoms with van der Waals surface area (Å²) in [5, 5.41) is 6.49. The molecule has 3 rings (SSSR count). The molecule has 0 spiro atoms. The molecule has 0 saturated carbocycles. The molecule has 1 aromatic heterocycles. The highest BCUT2D eigenvalue weighted by atomic mass is 32.2. The van der Waals surface area contributed by atoms with Crippen molar-refractivity contribution in [1.82, 2.24) is 5.32 Å². The highest BCUT2D eigenvalue weighted by Gasteiger charge is 2.25. The Balaban J connectivity index is 2.19. The summed E-state index contributed by atoms with van der Waals surface area (Å²) < 4.78 is 1.92. The fourth-order valence-electron chi connectivity index (χ4n) is 2.24. The molecule has 1 saturated heterocycles. The Bertz CT molecular complexity index is 769. The SMILES string of the molecule is C=[n+]1/c(=C2\NC(C(C)=O)CS2)ccc2ccccc21. The van der Waals surface area contributed by atoms with Crippen molar-refractivity contribution in [3.63, 3.8) is 0 Å². The molecule has 1 atom stereocenters. The van der Waals surface area contributed by atoms with Gasteiger partial charge in [-0.1, -0.05) is 23.9 Å². The number of fused-ring (bicyclic) bond motifs is 1. The minimum atomic E-state index is -0.0773. The third kappa shape index (κ3) is 2.12. The van der Waals surface area contributed by atoms with E-state index in [0.29, 0.717) is 0 Å². The maximum absolute atomic E-state index is 11.4. The maximum Gasteiger partial charge on any atom is 0.240 e. The van der Waals surface area contributed by atoms with E-state index in [1.54, 1.807) is 18.7 Å². The second-order valence-electron chi connectivity index (χ2n) is 4.65. The summed E-state index contributed by atoms with van der Waals surface area (Å²) in [4.78, 5) is 11.4. The van der Waals surface area contributed by atoms with Gasteiger partial charge in [-0.2, -0.15) is 4.24 Å². The summed E-state index contributed by atoms with van der Waals surface area (Å²) in [6.45, 7) is 5.75. The predicted molar refractivity (Wildman–Crippen MR) is 78.0 cm³/mol. The summed E-state index contributed by atoms with van der Waals surface area (Å²) in [5.41, 5.74) is 1.08. The molecular weight excluding hydrogens is 256 g/mol. The van der Waals surface area contributed by atoms with Crippen molar-refractivity contribution in [2.75, 3.05) is 5.75 Å². The standard InChI is InChI=1S/C15H15N2OS/c1-10(18)12-9-19-15(16-12)14-8-7-11-5-3-4-6-13(11)17(14)2/h3-8,12,16H,2,9H2,1H3/q+1/b15-14+. The van der Waals surface area contributed by atoms with E-state index >= 15 is 0 Å². The second kappa shape index (κ2) is 4.70. The number of ketones is 1. The summed E-state index contributed by atoms with van der Waals surface area (Å²) >= 11 is 1.68. The van der Waals surface area contributed by atoms with Crippen LogP contribution >= 0.6 is 11.8 Å². The van der Waals surface area contributed by atoms with Gasteiger partial charge in [0.05, 0.1) is 6.04 Å². The zero-order valence-corrected chi connectivity index (χ0v) is 11.5. The average Bonchev–Trinajstić information content (AvgIpc) is 2.89. The fourth-order valence-corrected chi connectivity index (χ4v) is 3.44. The minimum Gasteiger partial charge on any atom is -0.364 e. The number of pyridine rings is 1. The van der Waals surface area contributed by atoms with Crippen LogP contribution in [0.4, 0.5) is 0 Å². The van der Waals surface area contributed by atoms with Crippen LogP contribution in [0.3, 0.4) is 0 Å². The Morgan fingerprint density at radius 2 is 2.16 bits per heavy atom. The van der Waals surface area contributed by atoms with E-state index in [1.165, 1.54) is 0 Å². The molecule has 2 aromatic rings. The molecule has 19 heavy (non-hydrogen) atoms. The number of Topliss-reactive ketones (excluding diaryl/α,β-unsaturated/α-hetero) is 1. The minimum absolute atomic E-state index is 0.0773. The average molecular weight is 271 g/mol. The maximum atomic E-state index is 11.4. The van der Waals surface area contributed by atoms with Crippen LogP contribution in [0.1, 0.15) is 6.92 Å². The molecule has 96 valence electrons. The van der Waals surface area contributed by atoms with Crippen LogP contribution in [0.15, 0.2) is 36.4 Å². The fraction of sp³-hybridized carbons (Fsp3) is 0.200. The number of rotatable bonds is 1. The number of thioether (sulfide) groups is 1. The molecule has 0 aliphatic carbocycles. The van der Waals surface area contributed by atoms with Gasteiger partial charge < -0.3 is 5.32 Å². The molecule has 1 aliphatic rings. The van der Waals surface area contributed by atoms with Gasteiger partial charge >= 0.3 is 0 Å². The van der Waals surface area contributed by atoms with Gasteiger partial charge in [0.1, 0.15) is 11.7 Å². The summed E-state index contributed by atoms with van der Waals surface area (Å²) in [6, 6.07) is 12.2. The zero-order valence-electron chi connectivity index (χ0n) is 10.7. The normalized spacial score (nSPS) is 21.4. The molecule has 1 N–H and O–H groups in total. The number of carbonyl (C=O) groups excluding carboxylic acids is 1. The van der Waals surface area contributed by atoms with Gasteiger partial charge in [-0.15, -0.1) is 0 Å². The van der Waals surface area contributed by atoms with Gasteiger partial charge in [-0.3, -0.25) is 4.79 Å². The quantitative estimate of drug-likeness (QED) is 0.790. The first-order valence-corrected chi connectivity index (χ1v) is 7.17. The van der Waals surface area contributed by atoms with Gasteiger partial charge in [-0.05, 0) is 19.1 Å². The van der Waals surface area contributed by atoms with E-state index in [0.717, 1.165) is 27.0 Å². The Morgan fingerprint density at radius 3 is 2.89 bits per heavy atom. The molecular formula is C15H15N2OS+. The van der Waals surface area contributed by atoms with Gasteiger partial charge in [0.15, 0.2) is 5.78 Å². The van der Waals surface area contributed by atoms with Gasteiger partial charge in [0.25, 0.3) is 0 Å². The Morgan fingerprint density at radius 1 is 1.37 bits per heavy atom. The van der Waals surface area contributed by atoms with Crippen LogP contribution in [0, 0.1) is 6.72 Å². The van der Waals surface area contributed by atoms with Gasteiger partial charge in [0, 0.05) is 23.3 Å². The molecule has 3 nitrogen and oxygen atoms in total. The van der Waals surface area contributed by atoms with E-state index in [4.69, 9.17) is 0 Å². The molecule has 1 fully saturated rings. The van der Waals surface area contributed by atoms with E-state index in [1.807, 2.05) is 22.4 Å². The van der Waals surface area contributed by atoms with E-state index in [9.17, 15) is 4.79 Å². The predicted octanol–water partition coefficient (Wildman–Crippen LogP) is 1.13. The lowest BCUT2D eigenvalue weighted by molar-refractivity contribution is -0.484. The second-order valence-corrected chi connectivity index (χ2v) is 5.68. The van der Waals surface area contributed by atoms with Crippen molar-refractivity contribution in [3.8, 4) is 0 Å². The topological polar surface area (TPSA) is 35.0 Å². The largest absolute Gasteiger partial charge is 0.364 e. The summed E-state index contributed by atoms with van der Waals surface area (Å²) in [6.07, 6.45) is 0. The highest BCUT2D eigenvalue weighted by Crippen LogP contribution is 2.22. The summed E-state index contributed by atoms with van der Waals surface area (Å²) in [5.74, 6) is 0.969. The van der Waals surface area contributed by atoms with E-state index in [-0.39, 0.29) is 11.8 Å². The van der Waals surface area contributed by atoms with E-state index < -0.39 is 0 Å². The van der Waals surface area contributed by atoms with Crippen LogP contribution in [0.25, 0.3) is 15.9 Å². The number of hydrogen-bond acceptors (Lipinski definition) is 3. The lowest BCUT2D eigenvalue weighted by Crippen LogP contribution is -2.40. The molecule has 1 unspecified atom stereocenters. The smallest absolute Gasteiger partial charge is 0.240 e. The molecule has 1 aliphatic heterocycles. The first-order chi connectivity index (χ1) is 9.16. The van der Waals surface area contributed by atoms with Crippen molar-refractivity contribution < 1.29 is 9.04 Å². The van der Waals surface area contributed by atoms with Crippen molar-refractivity contribution in [2.45, 2.75) is 13.0 Å². The number of benzene rings is 1. The van der Waals surface area contributed by atoms with Crippen LogP contribution in [0.2, 0.25) is 0 Å². The highest BCUT2D eigenvalue weighted by molar-refractivity contribution is 8.08. The number of para-hydroxylation sites is 1. The molecule has 1 aromatic carbocycles. The van der Waals surface area contributed by atoms with Crippen molar-refractivity contribution in [1.29, 1.82) is 0 Å². The Kier molecular flexibility index (Phi) is 3.03. The van der Waals surface area contributed by atoms with E-state index in [2.05, 4.69) is 30.2 Å². The Labute approximate surface area is 115 Å². The van der Waals surface area contributed by atoms with Crippen molar-refractivity contribution in [3.05, 3.63) is 48.5 Å². The third-order valence-corrected chi connectivity index (χ3v) is 4.48. The lowest BCUT2D eigenvalue weighted by atomic mass is 10.2. The van der Waals surface area contributed by atoms with Crippen molar-refractivity contribution in [2.24, 2.45) is 0 Å². The van der Waals surface area contributed by atoms with Crippen molar-refractivity contribution >= 4 is 33.5 Å². The zero-order chi connectivity index (χ0) is 13.4. The number of aromatic nitrogens is 1. The first kappa shape index (κ1) is 12.2. The first-order valence-electron chi connectivity index (χ1n) is 6.18. The molecule has 2 heterocycles. The van der Waals surface area contributed by atoms with Crippen LogP contribution < -0.4 is 14.9 Å². The Hall–Kier alpha value is -1.81. The van der Waals surface area contributed by atoms with Crippen LogP contribution in [-0.2, 0) is 4.79 Å². The third-order valence-electron chi connectivity index (χ3n) is 3.36. The molecule has 0 radical (unpaired) electrons. The molecule has 4 heteroatoms. The summed E-state index contributed by atoms with van der Waals surface area (Å²) in [7, 11) is 0. The monoisotopic (exact) mass is 271 g/mol. The molecule has 0 amide bonds. The number of hydrogen-bond donors (Lipinski definition) is 1. The lowest BCUT2D eigenvalue weighted by Gasteiger charge is -2.03. The van der Waals surface area contributed by atoms with Crippen LogP contribution in [0.5, 0.6) is 0 Å². The number of nitrogens with one attached hydrogen (secondary N) is 1. The van der Waals surface area contributed by atoms with Gasteiger partial charge in [0.2, 0.25) is 10.9 Å². The van der Waals surface area contributed by atoms with Crippen LogP contribution in [-0.4, -0.2) is 17.6 Å².